The number of hydrogen-bond acceptors (Lipinski definition) is 6. The first-order chi connectivity index (χ1) is 12.1. The molecule has 0 saturated carbocycles. The maximum Gasteiger partial charge on any atom is 0.262 e. The Labute approximate surface area is 144 Å². The minimum Gasteiger partial charge on any atom is -0.497 e. The number of ether oxygens (including phenoxy) is 2. The predicted octanol–water partition coefficient (Wildman–Crippen LogP) is 3.07. The third-order valence-electron chi connectivity index (χ3n) is 3.37. The monoisotopic (exact) mass is 339 g/mol. The molecule has 1 heterocycles. The van der Waals surface area contributed by atoms with Crippen LogP contribution in [0.3, 0.4) is 0 Å². The molecule has 0 radical (unpaired) electrons. The molecule has 0 fully saturated rings. The van der Waals surface area contributed by atoms with Crippen molar-refractivity contribution in [2.75, 3.05) is 19.0 Å². The Bertz CT molecular complexity index is 842. The Kier molecular flexibility index (Phi) is 4.94. The Morgan fingerprint density at radius 3 is 2.32 bits per heavy atom. The summed E-state index contributed by atoms with van der Waals surface area (Å²) in [5.41, 5.74) is 1.46. The van der Waals surface area contributed by atoms with Gasteiger partial charge in [-0.1, -0.05) is 0 Å². The number of nitrogens with one attached hydrogen (secondary N) is 1. The molecule has 3 aromatic rings. The lowest BCUT2D eigenvalue weighted by atomic mass is 10.2. The molecule has 0 aliphatic carbocycles. The molecule has 0 aliphatic heterocycles. The van der Waals surface area contributed by atoms with Crippen LogP contribution in [-0.4, -0.2) is 29.8 Å². The lowest BCUT2D eigenvalue weighted by Gasteiger charge is -2.08. The van der Waals surface area contributed by atoms with Crippen molar-refractivity contribution in [3.05, 3.63) is 54.4 Å². The zero-order valence-electron chi connectivity index (χ0n) is 13.9. The van der Waals surface area contributed by atoms with E-state index in [-0.39, 0.29) is 12.5 Å². The van der Waals surface area contributed by atoms with Crippen LogP contribution in [0.5, 0.6) is 11.5 Å². The average molecular weight is 339 g/mol. The van der Waals surface area contributed by atoms with Crippen LogP contribution in [0.1, 0.15) is 5.89 Å². The number of methoxy groups -OCH3 is 1. The normalized spacial score (nSPS) is 10.3. The van der Waals surface area contributed by atoms with E-state index < -0.39 is 0 Å². The molecule has 25 heavy (non-hydrogen) atoms. The number of nitrogens with zero attached hydrogens (tertiary/aromatic N) is 2. The molecule has 2 aromatic carbocycles. The SMILES string of the molecule is COc1ccc(NC(=O)COc2ccc(-c3nnc(C)o3)cc2)cc1. The van der Waals surface area contributed by atoms with Gasteiger partial charge in [0, 0.05) is 18.2 Å². The minimum atomic E-state index is -0.248. The topological polar surface area (TPSA) is 86.5 Å². The number of aromatic nitrogens is 2. The van der Waals surface area contributed by atoms with E-state index in [1.54, 1.807) is 62.6 Å². The quantitative estimate of drug-likeness (QED) is 0.743. The number of anilines is 1. The van der Waals surface area contributed by atoms with E-state index >= 15 is 0 Å². The van der Waals surface area contributed by atoms with Gasteiger partial charge in [-0.3, -0.25) is 4.79 Å². The summed E-state index contributed by atoms with van der Waals surface area (Å²) in [6.07, 6.45) is 0. The predicted molar refractivity (Wildman–Crippen MR) is 91.6 cm³/mol. The van der Waals surface area contributed by atoms with E-state index in [1.165, 1.54) is 0 Å². The molecular formula is C18H17N3O4. The van der Waals surface area contributed by atoms with Gasteiger partial charge in [-0.2, -0.15) is 0 Å². The van der Waals surface area contributed by atoms with E-state index in [2.05, 4.69) is 15.5 Å². The molecule has 0 atom stereocenters. The van der Waals surface area contributed by atoms with Crippen LogP contribution in [0.15, 0.2) is 52.9 Å². The van der Waals surface area contributed by atoms with Crippen LogP contribution in [-0.2, 0) is 4.79 Å². The lowest BCUT2D eigenvalue weighted by molar-refractivity contribution is -0.118. The number of benzene rings is 2. The van der Waals surface area contributed by atoms with Gasteiger partial charge in [0.15, 0.2) is 6.61 Å². The molecule has 7 heteroatoms. The van der Waals surface area contributed by atoms with E-state index in [0.29, 0.717) is 23.2 Å². The molecule has 128 valence electrons. The second kappa shape index (κ2) is 7.48. The molecule has 0 spiro atoms. The van der Waals surface area contributed by atoms with Crippen molar-refractivity contribution < 1.29 is 18.7 Å². The second-order valence-corrected chi connectivity index (χ2v) is 5.22. The maximum atomic E-state index is 11.9. The number of aryl methyl sites for hydroxylation is 1. The summed E-state index contributed by atoms with van der Waals surface area (Å²) in [6, 6.07) is 14.1. The fourth-order valence-electron chi connectivity index (χ4n) is 2.13. The van der Waals surface area contributed by atoms with Crippen molar-refractivity contribution in [2.24, 2.45) is 0 Å². The van der Waals surface area contributed by atoms with Gasteiger partial charge in [-0.25, -0.2) is 0 Å². The summed E-state index contributed by atoms with van der Waals surface area (Å²) in [5, 5.41) is 10.5. The molecule has 0 bridgehead atoms. The van der Waals surface area contributed by atoms with Crippen LogP contribution in [0, 0.1) is 6.92 Å². The number of rotatable bonds is 6. The van der Waals surface area contributed by atoms with Crippen LogP contribution in [0.2, 0.25) is 0 Å². The second-order valence-electron chi connectivity index (χ2n) is 5.22. The Morgan fingerprint density at radius 1 is 1.04 bits per heavy atom. The van der Waals surface area contributed by atoms with Crippen molar-refractivity contribution in [1.82, 2.24) is 10.2 Å². The van der Waals surface area contributed by atoms with E-state index in [9.17, 15) is 4.79 Å². The average Bonchev–Trinajstić information content (AvgIpc) is 3.07. The molecule has 1 amide bonds. The van der Waals surface area contributed by atoms with Crippen LogP contribution in [0.25, 0.3) is 11.5 Å². The zero-order valence-corrected chi connectivity index (χ0v) is 13.9. The maximum absolute atomic E-state index is 11.9. The summed E-state index contributed by atoms with van der Waals surface area (Å²) in [5.74, 6) is 2.00. The number of amides is 1. The molecule has 1 aromatic heterocycles. The highest BCUT2D eigenvalue weighted by atomic mass is 16.5. The lowest BCUT2D eigenvalue weighted by Crippen LogP contribution is -2.20. The van der Waals surface area contributed by atoms with Gasteiger partial charge < -0.3 is 19.2 Å². The molecule has 3 rings (SSSR count). The zero-order chi connectivity index (χ0) is 17.6. The van der Waals surface area contributed by atoms with Crippen LogP contribution >= 0.6 is 0 Å². The van der Waals surface area contributed by atoms with Gasteiger partial charge >= 0.3 is 0 Å². The van der Waals surface area contributed by atoms with E-state index in [0.717, 1.165) is 11.3 Å². The van der Waals surface area contributed by atoms with E-state index in [4.69, 9.17) is 13.9 Å². The summed E-state index contributed by atoms with van der Waals surface area (Å²) in [4.78, 5) is 11.9. The van der Waals surface area contributed by atoms with Crippen molar-refractivity contribution in [2.45, 2.75) is 6.92 Å². The smallest absolute Gasteiger partial charge is 0.262 e. The first kappa shape index (κ1) is 16.5. The van der Waals surface area contributed by atoms with Gasteiger partial charge in [0.25, 0.3) is 5.91 Å². The number of carbonyl (C=O) groups is 1. The van der Waals surface area contributed by atoms with Crippen LogP contribution in [0.4, 0.5) is 5.69 Å². The Hall–Kier alpha value is -3.35. The number of hydrogen-bond donors (Lipinski definition) is 1. The van der Waals surface area contributed by atoms with Crippen molar-refractivity contribution in [1.29, 1.82) is 0 Å². The standard InChI is InChI=1S/C18H17N3O4/c1-12-20-21-18(25-12)13-3-7-16(8-4-13)24-11-17(22)19-14-5-9-15(23-2)10-6-14/h3-10H,11H2,1-2H3,(H,19,22). The molecule has 0 saturated heterocycles. The molecule has 0 unspecified atom stereocenters. The van der Waals surface area contributed by atoms with Crippen LogP contribution < -0.4 is 14.8 Å². The van der Waals surface area contributed by atoms with Gasteiger partial charge in [-0.05, 0) is 48.5 Å². The van der Waals surface area contributed by atoms with Gasteiger partial charge in [0.1, 0.15) is 11.5 Å². The Morgan fingerprint density at radius 2 is 1.72 bits per heavy atom. The van der Waals surface area contributed by atoms with Crippen molar-refractivity contribution >= 4 is 11.6 Å². The Balaban J connectivity index is 1.53. The van der Waals surface area contributed by atoms with Crippen molar-refractivity contribution in [3.8, 4) is 23.0 Å². The first-order valence-electron chi connectivity index (χ1n) is 7.61. The van der Waals surface area contributed by atoms with Gasteiger partial charge in [-0.15, -0.1) is 10.2 Å². The molecule has 1 N–H and O–H groups in total. The highest BCUT2D eigenvalue weighted by Crippen LogP contribution is 2.21. The van der Waals surface area contributed by atoms with E-state index in [1.807, 2.05) is 0 Å². The first-order valence-corrected chi connectivity index (χ1v) is 7.61. The third kappa shape index (κ3) is 4.35. The minimum absolute atomic E-state index is 0.0922. The molecular weight excluding hydrogens is 322 g/mol. The summed E-state index contributed by atoms with van der Waals surface area (Å²) in [7, 11) is 1.59. The van der Waals surface area contributed by atoms with Gasteiger partial charge in [0.2, 0.25) is 11.8 Å². The number of carbonyl (C=O) groups excluding carboxylic acids is 1. The van der Waals surface area contributed by atoms with Gasteiger partial charge in [0.05, 0.1) is 7.11 Å². The highest BCUT2D eigenvalue weighted by molar-refractivity contribution is 5.91. The highest BCUT2D eigenvalue weighted by Gasteiger charge is 2.07. The summed E-state index contributed by atoms with van der Waals surface area (Å²) < 4.78 is 15.9. The fraction of sp³-hybridized carbons (Fsp3) is 0.167. The fourth-order valence-corrected chi connectivity index (χ4v) is 2.13. The summed E-state index contributed by atoms with van der Waals surface area (Å²) >= 11 is 0. The molecule has 0 aliphatic rings. The third-order valence-corrected chi connectivity index (χ3v) is 3.37. The summed E-state index contributed by atoms with van der Waals surface area (Å²) in [6.45, 7) is 1.64. The molecule has 7 nitrogen and oxygen atoms in total. The van der Waals surface area contributed by atoms with Crippen molar-refractivity contribution in [3.63, 3.8) is 0 Å². The largest absolute Gasteiger partial charge is 0.497 e.